The SMILES string of the molecule is O=C(O)CCC1CCN(Cc2sccc2Br)CC1. The number of thiophene rings is 1. The lowest BCUT2D eigenvalue weighted by Crippen LogP contribution is -2.33. The normalized spacial score (nSPS) is 18.1. The van der Waals surface area contributed by atoms with Gasteiger partial charge < -0.3 is 5.11 Å². The first kappa shape index (κ1) is 14.0. The number of carboxylic acids is 1. The fourth-order valence-electron chi connectivity index (χ4n) is 2.40. The fourth-order valence-corrected chi connectivity index (χ4v) is 3.92. The molecule has 0 atom stereocenters. The Morgan fingerprint density at radius 2 is 2.22 bits per heavy atom. The summed E-state index contributed by atoms with van der Waals surface area (Å²) < 4.78 is 1.21. The Kier molecular flexibility index (Phi) is 5.21. The number of piperidine rings is 1. The Morgan fingerprint density at radius 1 is 1.50 bits per heavy atom. The number of hydrogen-bond acceptors (Lipinski definition) is 3. The molecule has 1 fully saturated rings. The van der Waals surface area contributed by atoms with Gasteiger partial charge in [-0.2, -0.15) is 0 Å². The van der Waals surface area contributed by atoms with E-state index in [1.165, 1.54) is 9.35 Å². The van der Waals surface area contributed by atoms with Gasteiger partial charge in [-0.3, -0.25) is 9.69 Å². The molecule has 0 radical (unpaired) electrons. The van der Waals surface area contributed by atoms with Crippen LogP contribution in [0.25, 0.3) is 0 Å². The summed E-state index contributed by atoms with van der Waals surface area (Å²) in [4.78, 5) is 14.4. The topological polar surface area (TPSA) is 40.5 Å². The standard InChI is InChI=1S/C13H18BrNO2S/c14-11-5-8-18-12(11)9-15-6-3-10(4-7-15)1-2-13(16)17/h5,8,10H,1-4,6-7,9H2,(H,16,17). The molecule has 1 aromatic rings. The van der Waals surface area contributed by atoms with Crippen molar-refractivity contribution < 1.29 is 9.90 Å². The number of carboxylic acid groups (broad SMARTS) is 1. The van der Waals surface area contributed by atoms with Crippen LogP contribution in [0.2, 0.25) is 0 Å². The third-order valence-corrected chi connectivity index (χ3v) is 5.44. The molecule has 5 heteroatoms. The van der Waals surface area contributed by atoms with E-state index in [2.05, 4.69) is 32.3 Å². The predicted molar refractivity (Wildman–Crippen MR) is 76.9 cm³/mol. The van der Waals surface area contributed by atoms with Crippen molar-refractivity contribution in [1.29, 1.82) is 0 Å². The summed E-state index contributed by atoms with van der Waals surface area (Å²) in [6, 6.07) is 2.10. The smallest absolute Gasteiger partial charge is 0.303 e. The molecule has 18 heavy (non-hydrogen) atoms. The average Bonchev–Trinajstić information content (AvgIpc) is 2.74. The summed E-state index contributed by atoms with van der Waals surface area (Å²) in [6.45, 7) is 3.20. The van der Waals surface area contributed by atoms with Gasteiger partial charge in [0.15, 0.2) is 0 Å². The van der Waals surface area contributed by atoms with Crippen molar-refractivity contribution in [3.05, 3.63) is 20.8 Å². The number of carbonyl (C=O) groups is 1. The summed E-state index contributed by atoms with van der Waals surface area (Å²) >= 11 is 5.36. The average molecular weight is 332 g/mol. The van der Waals surface area contributed by atoms with Crippen molar-refractivity contribution in [3.8, 4) is 0 Å². The minimum absolute atomic E-state index is 0.321. The monoisotopic (exact) mass is 331 g/mol. The zero-order valence-electron chi connectivity index (χ0n) is 10.3. The Balaban J connectivity index is 1.73. The van der Waals surface area contributed by atoms with Crippen molar-refractivity contribution in [2.45, 2.75) is 32.2 Å². The van der Waals surface area contributed by atoms with Gasteiger partial charge in [0.25, 0.3) is 0 Å². The lowest BCUT2D eigenvalue weighted by atomic mass is 9.92. The molecule has 0 aliphatic carbocycles. The largest absolute Gasteiger partial charge is 0.481 e. The van der Waals surface area contributed by atoms with Crippen molar-refractivity contribution in [2.24, 2.45) is 5.92 Å². The maximum absolute atomic E-state index is 10.5. The van der Waals surface area contributed by atoms with Gasteiger partial charge in [0.2, 0.25) is 0 Å². The molecule has 0 saturated carbocycles. The minimum Gasteiger partial charge on any atom is -0.481 e. The quantitative estimate of drug-likeness (QED) is 0.896. The van der Waals surface area contributed by atoms with Crippen molar-refractivity contribution in [3.63, 3.8) is 0 Å². The number of rotatable bonds is 5. The van der Waals surface area contributed by atoms with E-state index in [0.717, 1.165) is 38.9 Å². The van der Waals surface area contributed by atoms with E-state index in [1.807, 2.05) is 0 Å². The molecule has 0 unspecified atom stereocenters. The molecule has 0 aromatic carbocycles. The Morgan fingerprint density at radius 3 is 2.78 bits per heavy atom. The van der Waals surface area contributed by atoms with Crippen LogP contribution < -0.4 is 0 Å². The fraction of sp³-hybridized carbons (Fsp3) is 0.615. The molecule has 0 amide bonds. The Hall–Kier alpha value is -0.390. The van der Waals surface area contributed by atoms with Crippen LogP contribution in [0.5, 0.6) is 0 Å². The van der Waals surface area contributed by atoms with E-state index in [4.69, 9.17) is 5.11 Å². The first-order valence-corrected chi connectivity index (χ1v) is 7.98. The van der Waals surface area contributed by atoms with Crippen molar-refractivity contribution >= 4 is 33.2 Å². The van der Waals surface area contributed by atoms with E-state index in [-0.39, 0.29) is 0 Å². The molecule has 100 valence electrons. The van der Waals surface area contributed by atoms with Gasteiger partial charge in [-0.05, 0) is 65.6 Å². The van der Waals surface area contributed by atoms with E-state index in [0.29, 0.717) is 12.3 Å². The van der Waals surface area contributed by atoms with Crippen LogP contribution in [-0.2, 0) is 11.3 Å². The third-order valence-electron chi connectivity index (χ3n) is 3.53. The molecule has 0 spiro atoms. The number of nitrogens with zero attached hydrogens (tertiary/aromatic N) is 1. The molecule has 3 nitrogen and oxygen atoms in total. The Bertz CT molecular complexity index is 399. The van der Waals surface area contributed by atoms with Crippen LogP contribution in [0.15, 0.2) is 15.9 Å². The highest BCUT2D eigenvalue weighted by atomic mass is 79.9. The second kappa shape index (κ2) is 6.68. The van der Waals surface area contributed by atoms with Crippen LogP contribution in [0.3, 0.4) is 0 Å². The molecular weight excluding hydrogens is 314 g/mol. The molecule has 1 aliphatic heterocycles. The van der Waals surface area contributed by atoms with Gasteiger partial charge in [-0.15, -0.1) is 11.3 Å². The summed E-state index contributed by atoms with van der Waals surface area (Å²) in [7, 11) is 0. The van der Waals surface area contributed by atoms with Crippen LogP contribution in [-0.4, -0.2) is 29.1 Å². The lowest BCUT2D eigenvalue weighted by Gasteiger charge is -2.31. The number of likely N-dealkylation sites (tertiary alicyclic amines) is 1. The second-order valence-corrected chi connectivity index (χ2v) is 6.70. The minimum atomic E-state index is -0.667. The lowest BCUT2D eigenvalue weighted by molar-refractivity contribution is -0.137. The summed E-state index contributed by atoms with van der Waals surface area (Å²) in [5.74, 6) is -0.0657. The molecule has 1 aliphatic rings. The van der Waals surface area contributed by atoms with E-state index in [9.17, 15) is 4.79 Å². The van der Waals surface area contributed by atoms with Crippen LogP contribution in [0.1, 0.15) is 30.6 Å². The van der Waals surface area contributed by atoms with Crippen LogP contribution in [0, 0.1) is 5.92 Å². The highest BCUT2D eigenvalue weighted by molar-refractivity contribution is 9.10. The zero-order valence-corrected chi connectivity index (χ0v) is 12.7. The number of aliphatic carboxylic acids is 1. The van der Waals surface area contributed by atoms with Gasteiger partial charge in [-0.25, -0.2) is 0 Å². The van der Waals surface area contributed by atoms with Gasteiger partial charge in [0.1, 0.15) is 0 Å². The first-order chi connectivity index (χ1) is 8.65. The molecule has 1 aromatic heterocycles. The van der Waals surface area contributed by atoms with Crippen LogP contribution in [0.4, 0.5) is 0 Å². The summed E-state index contributed by atoms with van der Waals surface area (Å²) in [5.41, 5.74) is 0. The highest BCUT2D eigenvalue weighted by Crippen LogP contribution is 2.27. The first-order valence-electron chi connectivity index (χ1n) is 6.31. The van der Waals surface area contributed by atoms with E-state index in [1.54, 1.807) is 11.3 Å². The number of halogens is 1. The third kappa shape index (κ3) is 4.07. The van der Waals surface area contributed by atoms with E-state index >= 15 is 0 Å². The number of hydrogen-bond donors (Lipinski definition) is 1. The van der Waals surface area contributed by atoms with Gasteiger partial charge in [0, 0.05) is 22.3 Å². The van der Waals surface area contributed by atoms with Crippen molar-refractivity contribution in [1.82, 2.24) is 4.90 Å². The van der Waals surface area contributed by atoms with Crippen molar-refractivity contribution in [2.75, 3.05) is 13.1 Å². The summed E-state index contributed by atoms with van der Waals surface area (Å²) in [5, 5.41) is 10.8. The van der Waals surface area contributed by atoms with Gasteiger partial charge in [-0.1, -0.05) is 0 Å². The Labute approximate surface area is 120 Å². The van der Waals surface area contributed by atoms with E-state index < -0.39 is 5.97 Å². The second-order valence-electron chi connectivity index (χ2n) is 4.84. The molecule has 2 rings (SSSR count). The predicted octanol–water partition coefficient (Wildman–Crippen LogP) is 3.59. The maximum Gasteiger partial charge on any atom is 0.303 e. The highest BCUT2D eigenvalue weighted by Gasteiger charge is 2.20. The summed E-state index contributed by atoms with van der Waals surface area (Å²) in [6.07, 6.45) is 3.43. The zero-order chi connectivity index (χ0) is 13.0. The van der Waals surface area contributed by atoms with Gasteiger partial charge in [0.05, 0.1) is 0 Å². The van der Waals surface area contributed by atoms with Crippen LogP contribution >= 0.6 is 27.3 Å². The van der Waals surface area contributed by atoms with Gasteiger partial charge >= 0.3 is 5.97 Å². The molecule has 1 N–H and O–H groups in total. The molecular formula is C13H18BrNO2S. The molecule has 0 bridgehead atoms. The molecule has 1 saturated heterocycles. The molecule has 2 heterocycles. The maximum atomic E-state index is 10.5.